The summed E-state index contributed by atoms with van der Waals surface area (Å²) >= 11 is 0. The predicted molar refractivity (Wildman–Crippen MR) is 95.9 cm³/mol. The van der Waals surface area contributed by atoms with Gasteiger partial charge in [0.25, 0.3) is 0 Å². The maximum atomic E-state index is 12.4. The van der Waals surface area contributed by atoms with Gasteiger partial charge in [0.1, 0.15) is 17.7 Å². The molecule has 26 heavy (non-hydrogen) atoms. The van der Waals surface area contributed by atoms with Gasteiger partial charge in [-0.3, -0.25) is 9.69 Å². The van der Waals surface area contributed by atoms with E-state index in [2.05, 4.69) is 0 Å². The molecule has 0 spiro atoms. The Hall–Kier alpha value is -2.57. The molecule has 0 bridgehead atoms. The lowest BCUT2D eigenvalue weighted by molar-refractivity contribution is -0.156. The predicted octanol–water partition coefficient (Wildman–Crippen LogP) is 3.46. The highest BCUT2D eigenvalue weighted by Gasteiger charge is 2.26. The molecule has 1 aromatic carbocycles. The number of hydrogen-bond acceptors (Lipinski definition) is 5. The number of carboxylic acids is 1. The van der Waals surface area contributed by atoms with E-state index in [1.165, 1.54) is 17.0 Å². The van der Waals surface area contributed by atoms with Crippen molar-refractivity contribution in [2.75, 3.05) is 6.54 Å². The Kier molecular flexibility index (Phi) is 6.78. The van der Waals surface area contributed by atoms with Gasteiger partial charge in [-0.2, -0.15) is 0 Å². The van der Waals surface area contributed by atoms with Crippen molar-refractivity contribution in [3.63, 3.8) is 0 Å². The molecule has 0 radical (unpaired) electrons. The van der Waals surface area contributed by atoms with Crippen LogP contribution in [0.25, 0.3) is 0 Å². The van der Waals surface area contributed by atoms with Crippen molar-refractivity contribution in [1.82, 2.24) is 4.90 Å². The van der Waals surface area contributed by atoms with Gasteiger partial charge in [0.2, 0.25) is 0 Å². The maximum absolute atomic E-state index is 12.4. The van der Waals surface area contributed by atoms with Crippen molar-refractivity contribution in [2.45, 2.75) is 59.3 Å². The summed E-state index contributed by atoms with van der Waals surface area (Å²) in [4.78, 5) is 36.7. The highest BCUT2D eigenvalue weighted by atomic mass is 16.6. The number of ether oxygens (including phenoxy) is 2. The van der Waals surface area contributed by atoms with Gasteiger partial charge in [0.15, 0.2) is 0 Å². The molecule has 0 aliphatic rings. The summed E-state index contributed by atoms with van der Waals surface area (Å²) in [5.74, 6) is -1.58. The van der Waals surface area contributed by atoms with Crippen LogP contribution < -0.4 is 0 Å². The Morgan fingerprint density at radius 3 is 1.85 bits per heavy atom. The first-order chi connectivity index (χ1) is 11.8. The standard InChI is InChI=1S/C19H27NO6/c1-18(2,3)25-15(21)12-20(17(24)26-19(4,5)6)11-13-7-9-14(10-8-13)16(22)23/h7-10H,11-12H2,1-6H3,(H,22,23). The van der Waals surface area contributed by atoms with Gasteiger partial charge in [-0.15, -0.1) is 0 Å². The number of benzene rings is 1. The molecule has 0 aliphatic carbocycles. The molecular weight excluding hydrogens is 338 g/mol. The van der Waals surface area contributed by atoms with E-state index in [0.717, 1.165) is 0 Å². The van der Waals surface area contributed by atoms with E-state index in [4.69, 9.17) is 14.6 Å². The SMILES string of the molecule is CC(C)(C)OC(=O)CN(Cc1ccc(C(=O)O)cc1)C(=O)OC(C)(C)C. The van der Waals surface area contributed by atoms with E-state index in [1.807, 2.05) is 0 Å². The van der Waals surface area contributed by atoms with Gasteiger partial charge in [-0.25, -0.2) is 9.59 Å². The molecule has 7 heteroatoms. The summed E-state index contributed by atoms with van der Waals surface area (Å²) in [6.07, 6.45) is -0.648. The molecule has 144 valence electrons. The Balaban J connectivity index is 2.94. The Labute approximate surface area is 153 Å². The number of esters is 1. The molecule has 0 heterocycles. The smallest absolute Gasteiger partial charge is 0.411 e. The number of carboxylic acid groups (broad SMARTS) is 1. The molecule has 0 fully saturated rings. The van der Waals surface area contributed by atoms with Crippen LogP contribution in [0.4, 0.5) is 4.79 Å². The minimum Gasteiger partial charge on any atom is -0.478 e. The largest absolute Gasteiger partial charge is 0.478 e. The van der Waals surface area contributed by atoms with Gasteiger partial charge < -0.3 is 14.6 Å². The minimum absolute atomic E-state index is 0.0913. The average Bonchev–Trinajstić information content (AvgIpc) is 2.43. The minimum atomic E-state index is -1.03. The topological polar surface area (TPSA) is 93.1 Å². The van der Waals surface area contributed by atoms with Crippen LogP contribution in [0.5, 0.6) is 0 Å². The molecule has 0 aromatic heterocycles. The van der Waals surface area contributed by atoms with Crippen LogP contribution in [0, 0.1) is 0 Å². The maximum Gasteiger partial charge on any atom is 0.411 e. The first kappa shape index (κ1) is 21.5. The van der Waals surface area contributed by atoms with Crippen molar-refractivity contribution in [1.29, 1.82) is 0 Å². The molecule has 0 saturated carbocycles. The van der Waals surface area contributed by atoms with Crippen molar-refractivity contribution in [2.24, 2.45) is 0 Å². The van der Waals surface area contributed by atoms with Crippen LogP contribution >= 0.6 is 0 Å². The molecule has 0 unspecified atom stereocenters. The third kappa shape index (κ3) is 8.00. The molecule has 1 N–H and O–H groups in total. The van der Waals surface area contributed by atoms with Crippen molar-refractivity contribution >= 4 is 18.0 Å². The number of nitrogens with zero attached hydrogens (tertiary/aromatic N) is 1. The van der Waals surface area contributed by atoms with Crippen LogP contribution in [0.3, 0.4) is 0 Å². The lowest BCUT2D eigenvalue weighted by atomic mass is 10.1. The number of carbonyl (C=O) groups is 3. The molecule has 1 aromatic rings. The van der Waals surface area contributed by atoms with Crippen molar-refractivity contribution in [3.8, 4) is 0 Å². The highest BCUT2D eigenvalue weighted by molar-refractivity contribution is 5.87. The van der Waals surface area contributed by atoms with Gasteiger partial charge in [-0.05, 0) is 59.2 Å². The molecule has 7 nitrogen and oxygen atoms in total. The average molecular weight is 365 g/mol. The van der Waals surface area contributed by atoms with E-state index in [1.54, 1.807) is 53.7 Å². The molecule has 1 amide bonds. The zero-order valence-electron chi connectivity index (χ0n) is 16.2. The lowest BCUT2D eigenvalue weighted by Gasteiger charge is -2.28. The van der Waals surface area contributed by atoms with Crippen LogP contribution in [0.1, 0.15) is 57.5 Å². The summed E-state index contributed by atoms with van der Waals surface area (Å²) in [5, 5.41) is 8.95. The van der Waals surface area contributed by atoms with E-state index in [0.29, 0.717) is 5.56 Å². The molecule has 0 atom stereocenters. The van der Waals surface area contributed by atoms with E-state index < -0.39 is 29.2 Å². The van der Waals surface area contributed by atoms with Crippen LogP contribution in [0.15, 0.2) is 24.3 Å². The second kappa shape index (κ2) is 8.21. The number of aromatic carboxylic acids is 1. The zero-order chi connectivity index (χ0) is 20.1. The fourth-order valence-electron chi connectivity index (χ4n) is 2.01. The fraction of sp³-hybridized carbons (Fsp3) is 0.526. The molecule has 0 aliphatic heterocycles. The number of amides is 1. The van der Waals surface area contributed by atoms with E-state index >= 15 is 0 Å². The van der Waals surface area contributed by atoms with Crippen LogP contribution in [0.2, 0.25) is 0 Å². The lowest BCUT2D eigenvalue weighted by Crippen LogP contribution is -2.41. The third-order valence-corrected chi connectivity index (χ3v) is 2.97. The van der Waals surface area contributed by atoms with Gasteiger partial charge in [0, 0.05) is 6.54 Å². The molecule has 1 rings (SSSR count). The van der Waals surface area contributed by atoms with Crippen molar-refractivity contribution < 1.29 is 29.0 Å². The summed E-state index contributed by atoms with van der Waals surface area (Å²) in [6.45, 7) is 10.3. The summed E-state index contributed by atoms with van der Waals surface area (Å²) < 4.78 is 10.6. The van der Waals surface area contributed by atoms with Gasteiger partial charge in [0.05, 0.1) is 5.56 Å². The number of hydrogen-bond donors (Lipinski definition) is 1. The quantitative estimate of drug-likeness (QED) is 0.803. The van der Waals surface area contributed by atoms with Gasteiger partial charge >= 0.3 is 18.0 Å². The Morgan fingerprint density at radius 2 is 1.42 bits per heavy atom. The fourth-order valence-corrected chi connectivity index (χ4v) is 2.01. The molecular formula is C19H27NO6. The third-order valence-electron chi connectivity index (χ3n) is 2.97. The van der Waals surface area contributed by atoms with E-state index in [9.17, 15) is 14.4 Å². The Bertz CT molecular complexity index is 652. The van der Waals surface area contributed by atoms with Crippen molar-refractivity contribution in [3.05, 3.63) is 35.4 Å². The van der Waals surface area contributed by atoms with Gasteiger partial charge in [-0.1, -0.05) is 12.1 Å². The summed E-state index contributed by atoms with van der Waals surface area (Å²) in [6, 6.07) is 6.07. The second-order valence-corrected chi connectivity index (χ2v) is 7.92. The number of rotatable bonds is 5. The molecule has 0 saturated heterocycles. The monoisotopic (exact) mass is 365 g/mol. The first-order valence-electron chi connectivity index (χ1n) is 8.29. The normalized spacial score (nSPS) is 11.6. The first-order valence-corrected chi connectivity index (χ1v) is 8.29. The Morgan fingerprint density at radius 1 is 0.923 bits per heavy atom. The van der Waals surface area contributed by atoms with E-state index in [-0.39, 0.29) is 18.7 Å². The highest BCUT2D eigenvalue weighted by Crippen LogP contribution is 2.15. The summed E-state index contributed by atoms with van der Waals surface area (Å²) in [7, 11) is 0. The zero-order valence-corrected chi connectivity index (χ0v) is 16.2. The summed E-state index contributed by atoms with van der Waals surface area (Å²) in [5.41, 5.74) is -0.565. The van der Waals surface area contributed by atoms with Crippen LogP contribution in [-0.4, -0.2) is 45.8 Å². The van der Waals surface area contributed by atoms with Crippen LogP contribution in [-0.2, 0) is 20.8 Å². The second-order valence-electron chi connectivity index (χ2n) is 7.92. The number of carbonyl (C=O) groups excluding carboxylic acids is 2.